The van der Waals surface area contributed by atoms with Gasteiger partial charge in [0.2, 0.25) is 5.24 Å². The van der Waals surface area contributed by atoms with Gasteiger partial charge in [0.1, 0.15) is 0 Å². The molecule has 0 amide bonds. The molecule has 0 spiro atoms. The lowest BCUT2D eigenvalue weighted by molar-refractivity contribution is -0.121. The first-order valence-corrected chi connectivity index (χ1v) is 3.70. The fraction of sp³-hybridized carbons (Fsp3) is 0.857. The van der Waals surface area contributed by atoms with Crippen LogP contribution in [0.5, 0.6) is 0 Å². The number of hydrogen-bond acceptors (Lipinski definition) is 1. The van der Waals surface area contributed by atoms with Gasteiger partial charge in [-0.2, -0.15) is 0 Å². The van der Waals surface area contributed by atoms with Crippen LogP contribution < -0.4 is 0 Å². The van der Waals surface area contributed by atoms with E-state index in [0.29, 0.717) is 11.8 Å². The van der Waals surface area contributed by atoms with E-state index < -0.39 is 0 Å². The first-order chi connectivity index (χ1) is 4.13. The van der Waals surface area contributed by atoms with Gasteiger partial charge < -0.3 is 0 Å². The molecule has 0 heterocycles. The Morgan fingerprint density at radius 2 is 2.11 bits per heavy atom. The van der Waals surface area contributed by atoms with Gasteiger partial charge in [-0.3, -0.25) is 4.79 Å². The molecule has 2 heteroatoms. The van der Waals surface area contributed by atoms with Gasteiger partial charge in [0.25, 0.3) is 0 Å². The molecular formula is C7H11ClO. The van der Waals surface area contributed by atoms with Gasteiger partial charge >= 0.3 is 0 Å². The zero-order valence-electron chi connectivity index (χ0n) is 5.73. The zero-order chi connectivity index (χ0) is 7.02. The molecule has 0 saturated heterocycles. The van der Waals surface area contributed by atoms with E-state index in [1.54, 1.807) is 0 Å². The summed E-state index contributed by atoms with van der Waals surface area (Å²) in [5.74, 6) is 1.36. The third-order valence-corrected chi connectivity index (χ3v) is 2.73. The van der Waals surface area contributed by atoms with Crippen molar-refractivity contribution in [2.75, 3.05) is 0 Å². The van der Waals surface area contributed by atoms with Crippen molar-refractivity contribution in [3.8, 4) is 0 Å². The molecule has 1 saturated carbocycles. The lowest BCUT2D eigenvalue weighted by Gasteiger charge is -2.38. The fourth-order valence-electron chi connectivity index (χ4n) is 1.33. The van der Waals surface area contributed by atoms with Gasteiger partial charge in [0.15, 0.2) is 0 Å². The van der Waals surface area contributed by atoms with Crippen molar-refractivity contribution in [3.63, 3.8) is 0 Å². The van der Waals surface area contributed by atoms with Crippen molar-refractivity contribution in [1.82, 2.24) is 0 Å². The lowest BCUT2D eigenvalue weighted by Crippen LogP contribution is -2.36. The molecule has 9 heavy (non-hydrogen) atoms. The number of hydrogen-bond donors (Lipinski definition) is 0. The maximum atomic E-state index is 10.5. The molecule has 0 aromatic carbocycles. The summed E-state index contributed by atoms with van der Waals surface area (Å²) in [7, 11) is 0. The van der Waals surface area contributed by atoms with E-state index in [2.05, 4.69) is 13.8 Å². The van der Waals surface area contributed by atoms with E-state index in [0.717, 1.165) is 6.42 Å². The van der Waals surface area contributed by atoms with E-state index >= 15 is 0 Å². The molecule has 0 aromatic rings. The van der Waals surface area contributed by atoms with Crippen LogP contribution in [0.1, 0.15) is 20.3 Å². The Labute approximate surface area is 60.4 Å². The summed E-state index contributed by atoms with van der Waals surface area (Å²) >= 11 is 5.30. The molecule has 3 atom stereocenters. The van der Waals surface area contributed by atoms with Gasteiger partial charge in [-0.25, -0.2) is 0 Å². The topological polar surface area (TPSA) is 17.1 Å². The third kappa shape index (κ3) is 1.11. The van der Waals surface area contributed by atoms with Crippen LogP contribution in [0.25, 0.3) is 0 Å². The highest BCUT2D eigenvalue weighted by atomic mass is 35.5. The van der Waals surface area contributed by atoms with Gasteiger partial charge in [-0.15, -0.1) is 0 Å². The third-order valence-electron chi connectivity index (χ3n) is 2.45. The maximum Gasteiger partial charge on any atom is 0.225 e. The second-order valence-electron chi connectivity index (χ2n) is 2.98. The molecule has 0 N–H and O–H groups in total. The average Bonchev–Trinajstić information content (AvgIpc) is 1.81. The largest absolute Gasteiger partial charge is 0.281 e. The molecule has 3 unspecified atom stereocenters. The van der Waals surface area contributed by atoms with Crippen LogP contribution in [0, 0.1) is 17.8 Å². The minimum atomic E-state index is -0.152. The highest BCUT2D eigenvalue weighted by Crippen LogP contribution is 2.40. The summed E-state index contributed by atoms with van der Waals surface area (Å²) in [6.45, 7) is 4.24. The van der Waals surface area contributed by atoms with Crippen molar-refractivity contribution in [3.05, 3.63) is 0 Å². The van der Waals surface area contributed by atoms with Gasteiger partial charge in [-0.05, 0) is 29.9 Å². The monoisotopic (exact) mass is 146 g/mol. The molecule has 52 valence electrons. The highest BCUT2D eigenvalue weighted by Gasteiger charge is 2.38. The number of halogens is 1. The summed E-state index contributed by atoms with van der Waals surface area (Å²) in [5, 5.41) is -0.152. The molecule has 1 rings (SSSR count). The Morgan fingerprint density at radius 3 is 2.22 bits per heavy atom. The predicted molar refractivity (Wildman–Crippen MR) is 37.3 cm³/mol. The second kappa shape index (κ2) is 2.30. The van der Waals surface area contributed by atoms with Crippen LogP contribution in [0.15, 0.2) is 0 Å². The lowest BCUT2D eigenvalue weighted by atomic mass is 9.67. The van der Waals surface area contributed by atoms with Crippen LogP contribution in [-0.2, 0) is 4.79 Å². The quantitative estimate of drug-likeness (QED) is 0.518. The maximum absolute atomic E-state index is 10.5. The summed E-state index contributed by atoms with van der Waals surface area (Å²) in [6.07, 6.45) is 0.990. The molecule has 1 aliphatic carbocycles. The Bertz CT molecular complexity index is 133. The molecule has 1 fully saturated rings. The van der Waals surface area contributed by atoms with Crippen molar-refractivity contribution in [1.29, 1.82) is 0 Å². The van der Waals surface area contributed by atoms with E-state index in [1.807, 2.05) is 0 Å². The van der Waals surface area contributed by atoms with Crippen LogP contribution in [0.3, 0.4) is 0 Å². The average molecular weight is 147 g/mol. The molecular weight excluding hydrogens is 136 g/mol. The van der Waals surface area contributed by atoms with Crippen molar-refractivity contribution >= 4 is 16.8 Å². The summed E-state index contributed by atoms with van der Waals surface area (Å²) in [5.41, 5.74) is 0. The minimum Gasteiger partial charge on any atom is -0.281 e. The van der Waals surface area contributed by atoms with Crippen LogP contribution in [0.4, 0.5) is 0 Å². The molecule has 1 nitrogen and oxygen atoms in total. The van der Waals surface area contributed by atoms with E-state index in [-0.39, 0.29) is 11.2 Å². The normalized spacial score (nSPS) is 41.9. The summed E-state index contributed by atoms with van der Waals surface area (Å²) in [6, 6.07) is 0. The summed E-state index contributed by atoms with van der Waals surface area (Å²) < 4.78 is 0. The first-order valence-electron chi connectivity index (χ1n) is 3.32. The minimum absolute atomic E-state index is 0.152. The predicted octanol–water partition coefficient (Wildman–Crippen LogP) is 2.04. The number of rotatable bonds is 1. The smallest absolute Gasteiger partial charge is 0.225 e. The van der Waals surface area contributed by atoms with Crippen molar-refractivity contribution in [2.45, 2.75) is 20.3 Å². The van der Waals surface area contributed by atoms with Crippen LogP contribution in [-0.4, -0.2) is 5.24 Å². The first kappa shape index (κ1) is 7.07. The fourth-order valence-corrected chi connectivity index (χ4v) is 1.62. The van der Waals surface area contributed by atoms with Gasteiger partial charge in [-0.1, -0.05) is 13.8 Å². The van der Waals surface area contributed by atoms with Crippen LogP contribution in [0.2, 0.25) is 0 Å². The second-order valence-corrected chi connectivity index (χ2v) is 3.36. The van der Waals surface area contributed by atoms with Gasteiger partial charge in [0, 0.05) is 5.92 Å². The van der Waals surface area contributed by atoms with E-state index in [1.165, 1.54) is 0 Å². The summed E-state index contributed by atoms with van der Waals surface area (Å²) in [4.78, 5) is 10.5. The Kier molecular flexibility index (Phi) is 1.80. The number of carbonyl (C=O) groups is 1. The number of carbonyl (C=O) groups excluding carboxylic acids is 1. The molecule has 0 aromatic heterocycles. The molecule has 1 aliphatic rings. The van der Waals surface area contributed by atoms with E-state index in [4.69, 9.17) is 11.6 Å². The highest BCUT2D eigenvalue weighted by molar-refractivity contribution is 6.64. The van der Waals surface area contributed by atoms with Crippen molar-refractivity contribution < 1.29 is 4.79 Å². The Morgan fingerprint density at radius 1 is 1.56 bits per heavy atom. The standard InChI is InChI=1S/C7H11ClO/c1-4-3-6(5(4)2)7(8)9/h4-6H,3H2,1-2H3. The van der Waals surface area contributed by atoms with E-state index in [9.17, 15) is 4.79 Å². The zero-order valence-corrected chi connectivity index (χ0v) is 6.48. The van der Waals surface area contributed by atoms with Crippen LogP contribution >= 0.6 is 11.6 Å². The molecule has 0 bridgehead atoms. The van der Waals surface area contributed by atoms with Crippen molar-refractivity contribution in [2.24, 2.45) is 17.8 Å². The Hall–Kier alpha value is -0.0400. The SMILES string of the molecule is CC1CC(C(=O)Cl)C1C. The molecule has 0 radical (unpaired) electrons. The van der Waals surface area contributed by atoms with Gasteiger partial charge in [0.05, 0.1) is 0 Å². The Balaban J connectivity index is 2.42. The molecule has 0 aliphatic heterocycles.